The maximum atomic E-state index is 12.6. The monoisotopic (exact) mass is 432 g/mol. The van der Waals surface area contributed by atoms with Crippen molar-refractivity contribution in [3.8, 4) is 11.5 Å². The Labute approximate surface area is 183 Å². The lowest BCUT2D eigenvalue weighted by molar-refractivity contribution is -0.911. The van der Waals surface area contributed by atoms with Gasteiger partial charge in [0.25, 0.3) is 0 Å². The summed E-state index contributed by atoms with van der Waals surface area (Å²) in [6, 6.07) is 3.55. The van der Waals surface area contributed by atoms with E-state index in [1.807, 2.05) is 20.8 Å². The number of hydrogen-bond donors (Lipinski definition) is 3. The van der Waals surface area contributed by atoms with Crippen LogP contribution in [0.4, 0.5) is 4.79 Å². The first-order valence-electron chi connectivity index (χ1n) is 11.2. The van der Waals surface area contributed by atoms with Crippen LogP contribution in [0.15, 0.2) is 23.4 Å². The molecule has 2 atom stereocenters. The summed E-state index contributed by atoms with van der Waals surface area (Å²) >= 11 is 0. The minimum atomic E-state index is -0.367. The summed E-state index contributed by atoms with van der Waals surface area (Å²) in [4.78, 5) is 26.1. The molecule has 1 unspecified atom stereocenters. The minimum absolute atomic E-state index is 0.272. The highest BCUT2D eigenvalue weighted by molar-refractivity contribution is 5.94. The first-order chi connectivity index (χ1) is 15.0. The average molecular weight is 433 g/mol. The summed E-state index contributed by atoms with van der Waals surface area (Å²) in [5.41, 5.74) is 3.65. The molecule has 2 aliphatic rings. The third kappa shape index (κ3) is 5.31. The lowest BCUT2D eigenvalue weighted by atomic mass is 9.97. The van der Waals surface area contributed by atoms with Crippen LogP contribution in [0.2, 0.25) is 0 Å². The number of carbonyl (C=O) groups is 2. The van der Waals surface area contributed by atoms with Gasteiger partial charge in [-0.2, -0.15) is 0 Å². The Balaban J connectivity index is 1.85. The summed E-state index contributed by atoms with van der Waals surface area (Å²) in [7, 11) is 0. The number of ether oxygens (including phenoxy) is 3. The molecule has 0 bridgehead atoms. The molecule has 1 aromatic rings. The molecular weight excluding hydrogens is 398 g/mol. The molecule has 1 aromatic carbocycles. The molecule has 0 aliphatic carbocycles. The molecular formula is C23H34N3O5+. The van der Waals surface area contributed by atoms with Crippen LogP contribution in [-0.4, -0.2) is 51.0 Å². The molecule has 170 valence electrons. The highest BCUT2D eigenvalue weighted by Gasteiger charge is 2.34. The lowest BCUT2D eigenvalue weighted by Gasteiger charge is -2.32. The van der Waals surface area contributed by atoms with Gasteiger partial charge in [0.15, 0.2) is 11.5 Å². The van der Waals surface area contributed by atoms with Gasteiger partial charge >= 0.3 is 12.0 Å². The minimum Gasteiger partial charge on any atom is -0.490 e. The molecule has 8 nitrogen and oxygen atoms in total. The molecule has 0 saturated heterocycles. The van der Waals surface area contributed by atoms with Crippen LogP contribution in [-0.2, 0) is 22.5 Å². The molecule has 0 saturated carbocycles. The smallest absolute Gasteiger partial charge is 0.338 e. The number of quaternary nitrogens is 1. The van der Waals surface area contributed by atoms with Crippen molar-refractivity contribution in [1.29, 1.82) is 0 Å². The predicted molar refractivity (Wildman–Crippen MR) is 116 cm³/mol. The highest BCUT2D eigenvalue weighted by Crippen LogP contribution is 2.32. The number of carbonyl (C=O) groups excluding carboxylic acids is 2. The van der Waals surface area contributed by atoms with Crippen LogP contribution in [0.25, 0.3) is 0 Å². The maximum absolute atomic E-state index is 12.6. The van der Waals surface area contributed by atoms with Crippen molar-refractivity contribution in [3.05, 3.63) is 34.5 Å². The Hall–Kier alpha value is -2.74. The molecule has 0 radical (unpaired) electrons. The van der Waals surface area contributed by atoms with Gasteiger partial charge in [0.2, 0.25) is 0 Å². The first-order valence-corrected chi connectivity index (χ1v) is 11.2. The fourth-order valence-electron chi connectivity index (χ4n) is 4.25. The van der Waals surface area contributed by atoms with Gasteiger partial charge in [0.1, 0.15) is 13.1 Å². The van der Waals surface area contributed by atoms with Crippen molar-refractivity contribution in [3.63, 3.8) is 0 Å². The third-order valence-corrected chi connectivity index (χ3v) is 5.63. The van der Waals surface area contributed by atoms with E-state index < -0.39 is 0 Å². The maximum Gasteiger partial charge on any atom is 0.338 e. The van der Waals surface area contributed by atoms with Gasteiger partial charge in [-0.05, 0) is 44.9 Å². The normalized spacial score (nSPS) is 20.5. The highest BCUT2D eigenvalue weighted by atomic mass is 16.5. The van der Waals surface area contributed by atoms with Crippen molar-refractivity contribution in [1.82, 2.24) is 10.6 Å². The Morgan fingerprint density at radius 1 is 1.06 bits per heavy atom. The van der Waals surface area contributed by atoms with Gasteiger partial charge in [-0.15, -0.1) is 0 Å². The van der Waals surface area contributed by atoms with Gasteiger partial charge in [0, 0.05) is 12.0 Å². The van der Waals surface area contributed by atoms with Gasteiger partial charge < -0.3 is 29.7 Å². The van der Waals surface area contributed by atoms with Gasteiger partial charge in [-0.1, -0.05) is 6.92 Å². The zero-order valence-corrected chi connectivity index (χ0v) is 18.9. The second-order valence-corrected chi connectivity index (χ2v) is 7.71. The molecule has 0 fully saturated rings. The quantitative estimate of drug-likeness (QED) is 0.513. The topological polar surface area (TPSA) is 90.3 Å². The lowest BCUT2D eigenvalue weighted by Crippen LogP contribution is -3.12. The second-order valence-electron chi connectivity index (χ2n) is 7.71. The van der Waals surface area contributed by atoms with Gasteiger partial charge in [-0.3, -0.25) is 0 Å². The number of esters is 1. The zero-order valence-electron chi connectivity index (χ0n) is 18.9. The van der Waals surface area contributed by atoms with E-state index in [0.717, 1.165) is 31.0 Å². The van der Waals surface area contributed by atoms with E-state index >= 15 is 0 Å². The van der Waals surface area contributed by atoms with Crippen molar-refractivity contribution >= 4 is 12.0 Å². The Bertz CT molecular complexity index is 852. The molecule has 2 aliphatic heterocycles. The van der Waals surface area contributed by atoms with Crippen molar-refractivity contribution in [2.45, 2.75) is 53.1 Å². The molecule has 3 rings (SSSR count). The van der Waals surface area contributed by atoms with E-state index in [4.69, 9.17) is 14.2 Å². The molecule has 8 heteroatoms. The van der Waals surface area contributed by atoms with E-state index in [1.165, 1.54) is 16.0 Å². The largest absolute Gasteiger partial charge is 0.490 e. The van der Waals surface area contributed by atoms with E-state index in [0.29, 0.717) is 44.1 Å². The Kier molecular flexibility index (Phi) is 7.79. The van der Waals surface area contributed by atoms with Gasteiger partial charge in [-0.25, -0.2) is 9.59 Å². The predicted octanol–water partition coefficient (Wildman–Crippen LogP) is 1.33. The second kappa shape index (κ2) is 10.5. The molecule has 3 N–H and O–H groups in total. The summed E-state index contributed by atoms with van der Waals surface area (Å²) in [5, 5.41) is 5.69. The van der Waals surface area contributed by atoms with Crippen molar-refractivity contribution < 1.29 is 28.7 Å². The van der Waals surface area contributed by atoms with Crippen LogP contribution in [0.3, 0.4) is 0 Å². The number of benzene rings is 1. The molecule has 2 amide bonds. The van der Waals surface area contributed by atoms with E-state index in [1.54, 1.807) is 6.92 Å². The number of fused-ring (bicyclic) bond motifs is 1. The standard InChI is InChI=1S/C23H33N3O5/c1-5-17-21(22(27)31-8-4)18(25-23(28)24-17)14-26-10-9-15-11-19(29-6-2)20(30-7-3)12-16(15)13-26/h11-12,17H,5-10,13-14H2,1-4H3,(H2,24,25,28)/p+1/t17-/m0/s1. The number of amides is 2. The summed E-state index contributed by atoms with van der Waals surface area (Å²) in [6.07, 6.45) is 1.52. The summed E-state index contributed by atoms with van der Waals surface area (Å²) < 4.78 is 16.8. The van der Waals surface area contributed by atoms with E-state index in [-0.39, 0.29) is 18.0 Å². The van der Waals surface area contributed by atoms with Crippen LogP contribution in [0, 0.1) is 0 Å². The fraction of sp³-hybridized carbons (Fsp3) is 0.565. The van der Waals surface area contributed by atoms with Crippen LogP contribution in [0.5, 0.6) is 11.5 Å². The first kappa shape index (κ1) is 22.9. The number of urea groups is 1. The van der Waals surface area contributed by atoms with Crippen LogP contribution >= 0.6 is 0 Å². The molecule has 31 heavy (non-hydrogen) atoms. The fourth-order valence-corrected chi connectivity index (χ4v) is 4.25. The zero-order chi connectivity index (χ0) is 22.4. The number of hydrogen-bond acceptors (Lipinski definition) is 5. The third-order valence-electron chi connectivity index (χ3n) is 5.63. The molecule has 0 aromatic heterocycles. The van der Waals surface area contributed by atoms with Crippen molar-refractivity contribution in [2.24, 2.45) is 0 Å². The number of nitrogens with one attached hydrogen (secondary N) is 3. The average Bonchev–Trinajstić information content (AvgIpc) is 2.74. The number of rotatable bonds is 9. The van der Waals surface area contributed by atoms with Crippen LogP contribution < -0.4 is 25.0 Å². The molecule has 0 spiro atoms. The van der Waals surface area contributed by atoms with E-state index in [2.05, 4.69) is 22.8 Å². The SMILES string of the molecule is CCOC(=O)C1=C(C[NH+]2CCc3cc(OCC)c(OCC)cc3C2)NC(=O)N[C@H]1CC. The van der Waals surface area contributed by atoms with Crippen molar-refractivity contribution in [2.75, 3.05) is 32.9 Å². The Morgan fingerprint density at radius 3 is 2.35 bits per heavy atom. The van der Waals surface area contributed by atoms with E-state index in [9.17, 15) is 9.59 Å². The summed E-state index contributed by atoms with van der Waals surface area (Å²) in [6.45, 7) is 11.3. The summed E-state index contributed by atoms with van der Waals surface area (Å²) in [5.74, 6) is 1.18. The van der Waals surface area contributed by atoms with Gasteiger partial charge in [0.05, 0.1) is 43.7 Å². The molecule has 2 heterocycles. The van der Waals surface area contributed by atoms with Crippen LogP contribution in [0.1, 0.15) is 45.2 Å². The Morgan fingerprint density at radius 2 is 1.74 bits per heavy atom.